The predicted octanol–water partition coefficient (Wildman–Crippen LogP) is 3.49. The van der Waals surface area contributed by atoms with Gasteiger partial charge in [0.15, 0.2) is 5.76 Å². The highest BCUT2D eigenvalue weighted by atomic mass is 79.9. The Labute approximate surface area is 151 Å². The van der Waals surface area contributed by atoms with E-state index in [0.29, 0.717) is 11.3 Å². The number of allylic oxidation sites excluding steroid dienone is 1. The third-order valence-corrected chi connectivity index (χ3v) is 4.36. The van der Waals surface area contributed by atoms with Crippen LogP contribution < -0.4 is 5.32 Å². The van der Waals surface area contributed by atoms with E-state index in [9.17, 15) is 15.4 Å². The molecule has 1 unspecified atom stereocenters. The quantitative estimate of drug-likeness (QED) is 0.603. The first kappa shape index (κ1) is 16.8. The van der Waals surface area contributed by atoms with Gasteiger partial charge in [-0.1, -0.05) is 28.1 Å². The summed E-state index contributed by atoms with van der Waals surface area (Å²) < 4.78 is 6.52. The molecule has 7 nitrogen and oxygen atoms in total. The fraction of sp³-hybridized carbons (Fsp3) is 0.118. The van der Waals surface area contributed by atoms with Crippen LogP contribution in [-0.2, 0) is 4.74 Å². The summed E-state index contributed by atoms with van der Waals surface area (Å²) in [6, 6.07) is 12.7. The van der Waals surface area contributed by atoms with Gasteiger partial charge < -0.3 is 15.0 Å². The first-order valence-electron chi connectivity index (χ1n) is 7.34. The van der Waals surface area contributed by atoms with Crippen LogP contribution in [0, 0.1) is 21.4 Å². The zero-order valence-electron chi connectivity index (χ0n) is 13.1. The van der Waals surface area contributed by atoms with Crippen molar-refractivity contribution in [2.75, 3.05) is 7.05 Å². The van der Waals surface area contributed by atoms with Gasteiger partial charge in [-0.15, -0.1) is 0 Å². The molecule has 3 rings (SSSR count). The molecule has 25 heavy (non-hydrogen) atoms. The Hall–Kier alpha value is -3.05. The predicted molar refractivity (Wildman–Crippen MR) is 94.4 cm³/mol. The molecule has 126 valence electrons. The molecule has 8 heteroatoms. The van der Waals surface area contributed by atoms with Crippen LogP contribution in [-0.4, -0.2) is 17.0 Å². The Bertz CT molecular complexity index is 908. The molecule has 0 radical (unpaired) electrons. The molecule has 0 bridgehead atoms. The van der Waals surface area contributed by atoms with Crippen molar-refractivity contribution in [3.05, 3.63) is 85.6 Å². The number of benzene rings is 1. The summed E-state index contributed by atoms with van der Waals surface area (Å²) >= 11 is 3.35. The summed E-state index contributed by atoms with van der Waals surface area (Å²) in [7, 11) is 1.54. The fourth-order valence-corrected chi connectivity index (χ4v) is 3.01. The largest absolute Gasteiger partial charge is 0.432 e. The number of hydrogen-bond donors (Lipinski definition) is 2. The third-order valence-electron chi connectivity index (χ3n) is 3.83. The van der Waals surface area contributed by atoms with Gasteiger partial charge >= 0.3 is 5.70 Å². The van der Waals surface area contributed by atoms with Gasteiger partial charge in [0, 0.05) is 17.7 Å². The minimum Gasteiger partial charge on any atom is -0.432 e. The Balaban J connectivity index is 2.26. The summed E-state index contributed by atoms with van der Waals surface area (Å²) in [6.45, 7) is 0. The number of nitrogens with one attached hydrogen (secondary N) is 2. The molecule has 2 heterocycles. The van der Waals surface area contributed by atoms with E-state index < -0.39 is 10.8 Å². The summed E-state index contributed by atoms with van der Waals surface area (Å²) in [5, 5.41) is 24.2. The molecular weight excluding hydrogens is 388 g/mol. The number of H-pyrrole nitrogens is 1. The van der Waals surface area contributed by atoms with E-state index in [0.717, 1.165) is 4.47 Å². The number of nitrogens with zero attached hydrogens (tertiary/aromatic N) is 2. The smallest absolute Gasteiger partial charge is 0.318 e. The molecule has 1 aromatic carbocycles. The van der Waals surface area contributed by atoms with Crippen LogP contribution in [0.4, 0.5) is 0 Å². The van der Waals surface area contributed by atoms with Crippen LogP contribution in [0.1, 0.15) is 17.2 Å². The average molecular weight is 401 g/mol. The van der Waals surface area contributed by atoms with Crippen LogP contribution in [0.5, 0.6) is 0 Å². The van der Waals surface area contributed by atoms with Gasteiger partial charge in [0.05, 0.1) is 22.3 Å². The topological polar surface area (TPSA) is 104 Å². The van der Waals surface area contributed by atoms with Crippen molar-refractivity contribution in [2.45, 2.75) is 5.92 Å². The number of aromatic nitrogens is 1. The summed E-state index contributed by atoms with van der Waals surface area (Å²) in [6.07, 6.45) is 1.70. The molecule has 0 spiro atoms. The van der Waals surface area contributed by atoms with Crippen molar-refractivity contribution < 1.29 is 9.66 Å². The third kappa shape index (κ3) is 3.02. The normalized spacial score (nSPS) is 17.1. The van der Waals surface area contributed by atoms with E-state index in [2.05, 4.69) is 32.3 Å². The molecule has 0 saturated carbocycles. The van der Waals surface area contributed by atoms with Gasteiger partial charge in [-0.3, -0.25) is 10.1 Å². The van der Waals surface area contributed by atoms with Crippen LogP contribution in [0.3, 0.4) is 0 Å². The van der Waals surface area contributed by atoms with Crippen molar-refractivity contribution in [3.8, 4) is 6.07 Å². The van der Waals surface area contributed by atoms with Gasteiger partial charge in [-0.2, -0.15) is 5.26 Å². The van der Waals surface area contributed by atoms with Crippen molar-refractivity contribution in [3.63, 3.8) is 0 Å². The zero-order valence-corrected chi connectivity index (χ0v) is 14.7. The van der Waals surface area contributed by atoms with E-state index in [4.69, 9.17) is 4.74 Å². The lowest BCUT2D eigenvalue weighted by Gasteiger charge is -2.25. The minimum atomic E-state index is -0.845. The van der Waals surface area contributed by atoms with Crippen LogP contribution in [0.15, 0.2) is 64.2 Å². The van der Waals surface area contributed by atoms with Gasteiger partial charge in [0.1, 0.15) is 5.92 Å². The van der Waals surface area contributed by atoms with Crippen LogP contribution in [0.2, 0.25) is 0 Å². The van der Waals surface area contributed by atoms with E-state index in [1.165, 1.54) is 0 Å². The Kier molecular flexibility index (Phi) is 4.59. The minimum absolute atomic E-state index is 0.0153. The second-order valence-corrected chi connectivity index (χ2v) is 6.16. The first-order valence-corrected chi connectivity index (χ1v) is 8.13. The maximum absolute atomic E-state index is 11.7. The molecule has 2 N–H and O–H groups in total. The van der Waals surface area contributed by atoms with Gasteiger partial charge in [-0.05, 0) is 29.8 Å². The molecule has 0 aliphatic carbocycles. The van der Waals surface area contributed by atoms with Gasteiger partial charge in [0.25, 0.3) is 5.88 Å². The summed E-state index contributed by atoms with van der Waals surface area (Å²) in [5.74, 6) is -0.556. The van der Waals surface area contributed by atoms with Crippen molar-refractivity contribution in [2.24, 2.45) is 0 Å². The van der Waals surface area contributed by atoms with Crippen molar-refractivity contribution in [1.82, 2.24) is 10.3 Å². The lowest BCUT2D eigenvalue weighted by Crippen LogP contribution is -2.26. The number of nitro groups is 1. The van der Waals surface area contributed by atoms with E-state index in [1.807, 2.05) is 0 Å². The number of rotatable bonds is 4. The molecule has 1 atom stereocenters. The standard InChI is InChI=1S/C17H13BrN4O3/c1-20-17-15(22(23)24)14(10-4-6-11(18)7-5-10)12(9-19)16(25-17)13-3-2-8-21-13/h2-8,14,20-21H,1H3. The lowest BCUT2D eigenvalue weighted by atomic mass is 9.86. The zero-order chi connectivity index (χ0) is 18.0. The second-order valence-electron chi connectivity index (χ2n) is 5.25. The first-order chi connectivity index (χ1) is 12.1. The number of ether oxygens (including phenoxy) is 1. The lowest BCUT2D eigenvalue weighted by molar-refractivity contribution is -0.433. The molecular formula is C17H13BrN4O3. The maximum atomic E-state index is 11.7. The molecule has 0 fully saturated rings. The molecule has 1 aromatic heterocycles. The van der Waals surface area contributed by atoms with Gasteiger partial charge in [-0.25, -0.2) is 0 Å². The number of halogens is 1. The Morgan fingerprint density at radius 3 is 2.60 bits per heavy atom. The van der Waals surface area contributed by atoms with Crippen LogP contribution in [0.25, 0.3) is 5.76 Å². The van der Waals surface area contributed by atoms with E-state index in [-0.39, 0.29) is 22.9 Å². The van der Waals surface area contributed by atoms with Crippen LogP contribution >= 0.6 is 15.9 Å². The average Bonchev–Trinajstić information content (AvgIpc) is 3.14. The number of aromatic amines is 1. The molecule has 1 aliphatic heterocycles. The summed E-state index contributed by atoms with van der Waals surface area (Å²) in [4.78, 5) is 14.2. The fourth-order valence-electron chi connectivity index (χ4n) is 2.74. The molecule has 0 saturated heterocycles. The second kappa shape index (κ2) is 6.83. The van der Waals surface area contributed by atoms with Crippen molar-refractivity contribution in [1.29, 1.82) is 5.26 Å². The van der Waals surface area contributed by atoms with Crippen molar-refractivity contribution >= 4 is 21.7 Å². The highest BCUT2D eigenvalue weighted by molar-refractivity contribution is 9.10. The van der Waals surface area contributed by atoms with E-state index in [1.54, 1.807) is 49.6 Å². The summed E-state index contributed by atoms with van der Waals surface area (Å²) in [5.41, 5.74) is 1.19. The van der Waals surface area contributed by atoms with Gasteiger partial charge in [0.2, 0.25) is 0 Å². The Morgan fingerprint density at radius 1 is 1.36 bits per heavy atom. The Morgan fingerprint density at radius 2 is 2.08 bits per heavy atom. The molecule has 2 aromatic rings. The highest BCUT2D eigenvalue weighted by Gasteiger charge is 2.42. The maximum Gasteiger partial charge on any atom is 0.318 e. The number of hydrogen-bond acceptors (Lipinski definition) is 5. The highest BCUT2D eigenvalue weighted by Crippen LogP contribution is 2.42. The SMILES string of the molecule is CNC1=C([N+](=O)[O-])C(c2ccc(Br)cc2)C(C#N)=C(c2ccc[nH]2)O1. The molecule has 1 aliphatic rings. The monoisotopic (exact) mass is 400 g/mol. The van der Waals surface area contributed by atoms with E-state index >= 15 is 0 Å². The molecule has 0 amide bonds. The number of nitriles is 1.